The zero-order valence-corrected chi connectivity index (χ0v) is 26.9. The highest BCUT2D eigenvalue weighted by molar-refractivity contribution is 7.89. The number of carbonyl (C=O) groups excluding carboxylic acids is 1. The van der Waals surface area contributed by atoms with Crippen LogP contribution in [0.1, 0.15) is 47.1 Å². The summed E-state index contributed by atoms with van der Waals surface area (Å²) in [6.45, 7) is 7.61. The van der Waals surface area contributed by atoms with E-state index in [0.717, 1.165) is 17.6 Å². The molecule has 45 heavy (non-hydrogen) atoms. The van der Waals surface area contributed by atoms with Crippen LogP contribution in [0.4, 0.5) is 17.5 Å². The average molecular weight is 650 g/mol. The van der Waals surface area contributed by atoms with Gasteiger partial charge in [0.2, 0.25) is 16.0 Å². The fourth-order valence-corrected chi connectivity index (χ4v) is 6.09. The van der Waals surface area contributed by atoms with Gasteiger partial charge in [-0.2, -0.15) is 5.26 Å². The van der Waals surface area contributed by atoms with E-state index in [0.29, 0.717) is 47.6 Å². The smallest absolute Gasteiger partial charge is 0.285 e. The van der Waals surface area contributed by atoms with Crippen LogP contribution in [0.15, 0.2) is 47.4 Å². The molecule has 5 rings (SSSR count). The Morgan fingerprint density at radius 1 is 1.18 bits per heavy atom. The molecule has 0 unspecified atom stereocenters. The van der Waals surface area contributed by atoms with Crippen LogP contribution in [0, 0.1) is 18.3 Å². The van der Waals surface area contributed by atoms with E-state index < -0.39 is 22.0 Å². The Morgan fingerprint density at radius 2 is 1.93 bits per heavy atom. The summed E-state index contributed by atoms with van der Waals surface area (Å²) in [5.41, 5.74) is 2.43. The fraction of sp³-hybridized carbons (Fsp3) is 0.333. The van der Waals surface area contributed by atoms with E-state index in [4.69, 9.17) is 21.8 Å². The maximum Gasteiger partial charge on any atom is 0.285 e. The van der Waals surface area contributed by atoms with Crippen molar-refractivity contribution in [2.75, 3.05) is 41.0 Å². The number of aryl methyl sites for hydroxylation is 1. The first-order valence-electron chi connectivity index (χ1n) is 14.1. The summed E-state index contributed by atoms with van der Waals surface area (Å²) in [5.74, 6) is 0.369. The average Bonchev–Trinajstić information content (AvgIpc) is 2.99. The lowest BCUT2D eigenvalue weighted by Crippen LogP contribution is -2.53. The molecular weight excluding hydrogens is 618 g/mol. The number of amides is 1. The first-order chi connectivity index (χ1) is 21.3. The third-order valence-corrected chi connectivity index (χ3v) is 8.37. The van der Waals surface area contributed by atoms with Crippen molar-refractivity contribution in [2.24, 2.45) is 7.05 Å². The topological polar surface area (TPSA) is 166 Å². The van der Waals surface area contributed by atoms with Gasteiger partial charge in [-0.3, -0.25) is 14.2 Å². The van der Waals surface area contributed by atoms with Crippen molar-refractivity contribution in [3.8, 4) is 6.07 Å². The number of benzene rings is 1. The number of aromatic nitrogens is 4. The molecule has 3 aromatic heterocycles. The summed E-state index contributed by atoms with van der Waals surface area (Å²) >= 11 is 6.04. The number of nitrogens with one attached hydrogen (secondary N) is 2. The van der Waals surface area contributed by atoms with Gasteiger partial charge in [0.05, 0.1) is 34.5 Å². The minimum atomic E-state index is -3.85. The molecule has 1 fully saturated rings. The second-order valence-electron chi connectivity index (χ2n) is 11.1. The molecule has 4 heterocycles. The summed E-state index contributed by atoms with van der Waals surface area (Å²) in [7, 11) is -2.14. The van der Waals surface area contributed by atoms with Crippen molar-refractivity contribution in [1.29, 1.82) is 5.26 Å². The third kappa shape index (κ3) is 6.69. The number of halogens is 1. The first-order valence-corrected chi connectivity index (χ1v) is 16.4. The summed E-state index contributed by atoms with van der Waals surface area (Å²) in [6, 6.07) is 12.0. The number of nitriles is 1. The van der Waals surface area contributed by atoms with Gasteiger partial charge in [0, 0.05) is 44.5 Å². The van der Waals surface area contributed by atoms with E-state index in [1.165, 1.54) is 6.07 Å². The lowest BCUT2D eigenvalue weighted by atomic mass is 10.0. The molecule has 13 nitrogen and oxygen atoms in total. The predicted molar refractivity (Wildman–Crippen MR) is 173 cm³/mol. The quantitative estimate of drug-likeness (QED) is 0.282. The minimum Gasteiger partial charge on any atom is -0.377 e. The Balaban J connectivity index is 1.49. The number of rotatable bonds is 7. The Labute approximate surface area is 265 Å². The number of pyridine rings is 2. The molecular formula is C30H32ClN9O4S. The molecule has 0 saturated carbocycles. The summed E-state index contributed by atoms with van der Waals surface area (Å²) in [6.07, 6.45) is 2.43. The van der Waals surface area contributed by atoms with Crippen molar-refractivity contribution in [1.82, 2.24) is 24.2 Å². The number of hydrogen-bond acceptors (Lipinski definition) is 11. The highest BCUT2D eigenvalue weighted by Crippen LogP contribution is 2.30. The van der Waals surface area contributed by atoms with E-state index in [2.05, 4.69) is 38.1 Å². The number of carbonyl (C=O) groups is 1. The van der Waals surface area contributed by atoms with Gasteiger partial charge in [-0.15, -0.1) is 0 Å². The molecule has 0 bridgehead atoms. The molecule has 234 valence electrons. The molecule has 1 saturated heterocycles. The number of hydrogen-bond donors (Lipinski definition) is 2. The standard InChI is InChI=1S/C30H32ClN9O4S/c1-17-12-21(19(3)34-23-7-8-24(31)35-27(23)28(41)37-45(5,43)44)26-22(13-17)29(42)38(4)30(36-26)39-10-11-40(18(2)16-39)25-9-6-20(14-32)15-33-25/h6-9,12-13,15,18-19,34H,10-11,16H2,1-5H3,(H,37,41)/t18-,19+/m0/s1. The van der Waals surface area contributed by atoms with Gasteiger partial charge in [-0.05, 0) is 56.7 Å². The predicted octanol–water partition coefficient (Wildman–Crippen LogP) is 3.13. The largest absolute Gasteiger partial charge is 0.377 e. The van der Waals surface area contributed by atoms with Gasteiger partial charge >= 0.3 is 0 Å². The van der Waals surface area contributed by atoms with Gasteiger partial charge < -0.3 is 15.1 Å². The van der Waals surface area contributed by atoms with E-state index in [9.17, 15) is 18.0 Å². The molecule has 4 aromatic rings. The van der Waals surface area contributed by atoms with Crippen molar-refractivity contribution >= 4 is 55.9 Å². The molecule has 0 spiro atoms. The molecule has 1 aliphatic rings. The zero-order valence-electron chi connectivity index (χ0n) is 25.4. The van der Waals surface area contributed by atoms with E-state index >= 15 is 0 Å². The van der Waals surface area contributed by atoms with Gasteiger partial charge in [0.1, 0.15) is 17.0 Å². The Hall–Kier alpha value is -4.74. The maximum atomic E-state index is 13.7. The Bertz CT molecular complexity index is 2010. The molecule has 0 radical (unpaired) electrons. The van der Waals surface area contributed by atoms with Crippen molar-refractivity contribution < 1.29 is 13.2 Å². The van der Waals surface area contributed by atoms with Gasteiger partial charge in [0.25, 0.3) is 11.5 Å². The Morgan fingerprint density at radius 3 is 2.58 bits per heavy atom. The molecule has 1 aromatic carbocycles. The first kappa shape index (κ1) is 31.7. The minimum absolute atomic E-state index is 0.0203. The number of anilines is 3. The summed E-state index contributed by atoms with van der Waals surface area (Å²) < 4.78 is 26.9. The fourth-order valence-electron chi connectivity index (χ4n) is 5.51. The molecule has 15 heteroatoms. The second kappa shape index (κ2) is 12.3. The molecule has 2 atom stereocenters. The van der Waals surface area contributed by atoms with Gasteiger partial charge in [0.15, 0.2) is 5.69 Å². The SMILES string of the molecule is Cc1cc([C@@H](C)Nc2ccc(Cl)nc2C(=O)NS(C)(=O)=O)c2nc(N3CCN(c4ccc(C#N)cn4)[C@@H](C)C3)n(C)c(=O)c2c1. The zero-order chi connectivity index (χ0) is 32.6. The lowest BCUT2D eigenvalue weighted by Gasteiger charge is -2.41. The number of fused-ring (bicyclic) bond motifs is 1. The van der Waals surface area contributed by atoms with E-state index in [1.54, 1.807) is 36.0 Å². The highest BCUT2D eigenvalue weighted by Gasteiger charge is 2.28. The van der Waals surface area contributed by atoms with Crippen LogP contribution in [0.25, 0.3) is 10.9 Å². The highest BCUT2D eigenvalue weighted by atomic mass is 35.5. The van der Waals surface area contributed by atoms with Crippen molar-refractivity contribution in [2.45, 2.75) is 32.9 Å². The van der Waals surface area contributed by atoms with E-state index in [-0.39, 0.29) is 28.1 Å². The van der Waals surface area contributed by atoms with E-state index in [1.807, 2.05) is 30.7 Å². The van der Waals surface area contributed by atoms with Crippen molar-refractivity contribution in [3.05, 3.63) is 80.5 Å². The number of piperazine rings is 1. The van der Waals surface area contributed by atoms with Crippen LogP contribution in [0.2, 0.25) is 5.15 Å². The van der Waals surface area contributed by atoms with Crippen molar-refractivity contribution in [3.63, 3.8) is 0 Å². The maximum absolute atomic E-state index is 13.7. The molecule has 0 aliphatic carbocycles. The third-order valence-electron chi connectivity index (χ3n) is 7.61. The van der Waals surface area contributed by atoms with Crippen LogP contribution in [0.3, 0.4) is 0 Å². The van der Waals surface area contributed by atoms with Gasteiger partial charge in [-0.1, -0.05) is 17.7 Å². The monoisotopic (exact) mass is 649 g/mol. The normalized spacial score (nSPS) is 15.9. The van der Waals surface area contributed by atoms with Crippen LogP contribution in [-0.2, 0) is 17.1 Å². The second-order valence-corrected chi connectivity index (χ2v) is 13.3. The molecule has 1 aliphatic heterocycles. The van der Waals surface area contributed by atoms with Gasteiger partial charge in [-0.25, -0.2) is 28.1 Å². The summed E-state index contributed by atoms with van der Waals surface area (Å²) in [4.78, 5) is 44.2. The Kier molecular flexibility index (Phi) is 8.68. The van der Waals surface area contributed by atoms with Crippen LogP contribution < -0.4 is 25.4 Å². The van der Waals surface area contributed by atoms with Crippen LogP contribution in [0.5, 0.6) is 0 Å². The number of sulfonamides is 1. The number of nitrogens with zero attached hydrogens (tertiary/aromatic N) is 7. The summed E-state index contributed by atoms with van der Waals surface area (Å²) in [5, 5.41) is 12.8. The van der Waals surface area contributed by atoms with Crippen LogP contribution >= 0.6 is 11.6 Å². The molecule has 2 N–H and O–H groups in total. The van der Waals surface area contributed by atoms with Crippen LogP contribution in [-0.4, -0.2) is 65.8 Å². The lowest BCUT2D eigenvalue weighted by molar-refractivity contribution is 0.0977. The molecule has 1 amide bonds.